The standard InChI is InChI=1S/C24H48O4Si/c1-6-7-12-18-22-23(27-22)19-14-11-9-8-10-13-16-21(28-29(3,4)5)17-15-20-24(25)26-2/h21-23H,6-20H2,1-5H3. The van der Waals surface area contributed by atoms with Crippen molar-refractivity contribution in [3.05, 3.63) is 0 Å². The van der Waals surface area contributed by atoms with Gasteiger partial charge in [-0.05, 0) is 51.7 Å². The number of rotatable bonds is 19. The zero-order chi connectivity index (χ0) is 21.5. The molecule has 0 N–H and O–H groups in total. The largest absolute Gasteiger partial charge is 0.469 e. The molecule has 0 aliphatic carbocycles. The fourth-order valence-corrected chi connectivity index (χ4v) is 5.28. The molecule has 0 saturated carbocycles. The Bertz CT molecular complexity index is 422. The lowest BCUT2D eigenvalue weighted by Gasteiger charge is -2.26. The quantitative estimate of drug-likeness (QED) is 0.0960. The first-order valence-corrected chi connectivity index (χ1v) is 15.7. The fourth-order valence-electron chi connectivity index (χ4n) is 4.05. The van der Waals surface area contributed by atoms with Crippen molar-refractivity contribution in [2.45, 2.75) is 141 Å². The fraction of sp³-hybridized carbons (Fsp3) is 0.958. The second-order valence-electron chi connectivity index (χ2n) is 9.73. The first-order chi connectivity index (χ1) is 13.9. The van der Waals surface area contributed by atoms with Crippen molar-refractivity contribution in [2.75, 3.05) is 7.11 Å². The Balaban J connectivity index is 2.01. The van der Waals surface area contributed by atoms with Crippen LogP contribution in [0.25, 0.3) is 0 Å². The van der Waals surface area contributed by atoms with E-state index < -0.39 is 8.32 Å². The first kappa shape index (κ1) is 26.6. The van der Waals surface area contributed by atoms with Gasteiger partial charge >= 0.3 is 5.97 Å². The number of hydrogen-bond acceptors (Lipinski definition) is 4. The SMILES string of the molecule is CCCCCC1OC1CCCCCCCCC(CCCC(=O)OC)O[Si](C)(C)C. The second-order valence-corrected chi connectivity index (χ2v) is 14.2. The minimum atomic E-state index is -1.54. The summed E-state index contributed by atoms with van der Waals surface area (Å²) in [5.41, 5.74) is 0. The summed E-state index contributed by atoms with van der Waals surface area (Å²) in [7, 11) is -0.0812. The molecule has 0 aromatic carbocycles. The van der Waals surface area contributed by atoms with Crippen molar-refractivity contribution in [2.24, 2.45) is 0 Å². The Morgan fingerprint density at radius 1 is 0.862 bits per heavy atom. The predicted octanol–water partition coefficient (Wildman–Crippen LogP) is 7.02. The Kier molecular flexibility index (Phi) is 14.2. The van der Waals surface area contributed by atoms with Gasteiger partial charge in [0, 0.05) is 12.5 Å². The zero-order valence-corrected chi connectivity index (χ0v) is 21.0. The Labute approximate surface area is 181 Å². The van der Waals surface area contributed by atoms with Gasteiger partial charge in [-0.1, -0.05) is 64.7 Å². The smallest absolute Gasteiger partial charge is 0.305 e. The summed E-state index contributed by atoms with van der Waals surface area (Å²) in [6.45, 7) is 9.00. The highest BCUT2D eigenvalue weighted by atomic mass is 28.4. The van der Waals surface area contributed by atoms with Crippen molar-refractivity contribution >= 4 is 14.3 Å². The van der Waals surface area contributed by atoms with E-state index in [4.69, 9.17) is 13.9 Å². The molecule has 0 aromatic heterocycles. The van der Waals surface area contributed by atoms with Crippen LogP contribution in [0.3, 0.4) is 0 Å². The molecule has 4 nitrogen and oxygen atoms in total. The van der Waals surface area contributed by atoms with Gasteiger partial charge in [-0.25, -0.2) is 0 Å². The van der Waals surface area contributed by atoms with Crippen LogP contribution in [0.1, 0.15) is 103 Å². The highest BCUT2D eigenvalue weighted by Gasteiger charge is 2.36. The third-order valence-corrected chi connectivity index (χ3v) is 6.74. The van der Waals surface area contributed by atoms with E-state index in [0.29, 0.717) is 24.7 Å². The van der Waals surface area contributed by atoms with E-state index in [1.165, 1.54) is 77.7 Å². The average Bonchev–Trinajstić information content (AvgIpc) is 3.40. The van der Waals surface area contributed by atoms with Crippen LogP contribution in [-0.4, -0.2) is 39.7 Å². The Morgan fingerprint density at radius 3 is 2.00 bits per heavy atom. The molecule has 0 spiro atoms. The third-order valence-electron chi connectivity index (χ3n) is 5.70. The van der Waals surface area contributed by atoms with E-state index in [2.05, 4.69) is 26.6 Å². The summed E-state index contributed by atoms with van der Waals surface area (Å²) in [5, 5.41) is 0. The van der Waals surface area contributed by atoms with Crippen molar-refractivity contribution in [3.63, 3.8) is 0 Å². The number of methoxy groups -OCH3 is 1. The summed E-state index contributed by atoms with van der Waals surface area (Å²) < 4.78 is 16.9. The molecule has 0 bridgehead atoms. The van der Waals surface area contributed by atoms with Crippen LogP contribution in [-0.2, 0) is 18.7 Å². The number of hydrogen-bond donors (Lipinski definition) is 0. The average molecular weight is 429 g/mol. The van der Waals surface area contributed by atoms with Crippen molar-refractivity contribution in [1.82, 2.24) is 0 Å². The molecule has 5 heteroatoms. The van der Waals surface area contributed by atoms with Crippen LogP contribution < -0.4 is 0 Å². The number of epoxide rings is 1. The molecule has 29 heavy (non-hydrogen) atoms. The van der Waals surface area contributed by atoms with Crippen LogP contribution in [0.15, 0.2) is 0 Å². The molecule has 0 radical (unpaired) electrons. The summed E-state index contributed by atoms with van der Waals surface area (Å²) >= 11 is 0. The maximum absolute atomic E-state index is 11.3. The molecular formula is C24H48O4Si. The molecule has 1 aliphatic heterocycles. The van der Waals surface area contributed by atoms with Crippen LogP contribution in [0, 0.1) is 0 Å². The minimum absolute atomic E-state index is 0.111. The van der Waals surface area contributed by atoms with Gasteiger partial charge in [-0.2, -0.15) is 0 Å². The van der Waals surface area contributed by atoms with Gasteiger partial charge in [0.05, 0.1) is 19.3 Å². The predicted molar refractivity (Wildman–Crippen MR) is 124 cm³/mol. The van der Waals surface area contributed by atoms with E-state index >= 15 is 0 Å². The van der Waals surface area contributed by atoms with Crippen molar-refractivity contribution in [3.8, 4) is 0 Å². The summed E-state index contributed by atoms with van der Waals surface area (Å²) in [6, 6.07) is 0. The number of ether oxygens (including phenoxy) is 2. The van der Waals surface area contributed by atoms with E-state index in [1.807, 2.05) is 0 Å². The molecule has 1 rings (SSSR count). The molecule has 3 unspecified atom stereocenters. The summed E-state index contributed by atoms with van der Waals surface area (Å²) in [5.74, 6) is -0.111. The van der Waals surface area contributed by atoms with Crippen LogP contribution >= 0.6 is 0 Å². The lowest BCUT2D eigenvalue weighted by atomic mass is 10.0. The zero-order valence-electron chi connectivity index (χ0n) is 20.0. The molecule has 1 heterocycles. The van der Waals surface area contributed by atoms with Gasteiger partial charge in [0.15, 0.2) is 8.32 Å². The van der Waals surface area contributed by atoms with E-state index in [1.54, 1.807) is 0 Å². The summed E-state index contributed by atoms with van der Waals surface area (Å²) in [4.78, 5) is 11.3. The summed E-state index contributed by atoms with van der Waals surface area (Å²) in [6.07, 6.45) is 19.3. The van der Waals surface area contributed by atoms with E-state index in [9.17, 15) is 4.79 Å². The first-order valence-electron chi connectivity index (χ1n) is 12.3. The third kappa shape index (κ3) is 15.1. The second kappa shape index (κ2) is 15.4. The lowest BCUT2D eigenvalue weighted by Crippen LogP contribution is -2.32. The molecule has 172 valence electrons. The maximum atomic E-state index is 11.3. The van der Waals surface area contributed by atoms with Gasteiger partial charge in [0.1, 0.15) is 0 Å². The van der Waals surface area contributed by atoms with Gasteiger partial charge < -0.3 is 13.9 Å². The van der Waals surface area contributed by atoms with Crippen LogP contribution in [0.4, 0.5) is 0 Å². The van der Waals surface area contributed by atoms with Gasteiger partial charge in [-0.3, -0.25) is 4.79 Å². The van der Waals surface area contributed by atoms with E-state index in [0.717, 1.165) is 19.3 Å². The highest BCUT2D eigenvalue weighted by Crippen LogP contribution is 2.31. The maximum Gasteiger partial charge on any atom is 0.305 e. The Hall–Kier alpha value is -0.393. The molecular weight excluding hydrogens is 380 g/mol. The number of carbonyl (C=O) groups excluding carboxylic acids is 1. The van der Waals surface area contributed by atoms with E-state index in [-0.39, 0.29) is 5.97 Å². The number of esters is 1. The number of unbranched alkanes of at least 4 members (excludes halogenated alkanes) is 7. The molecule has 3 atom stereocenters. The van der Waals surface area contributed by atoms with Crippen LogP contribution in [0.2, 0.25) is 19.6 Å². The van der Waals surface area contributed by atoms with Crippen LogP contribution in [0.5, 0.6) is 0 Å². The molecule has 0 amide bonds. The van der Waals surface area contributed by atoms with Gasteiger partial charge in [0.25, 0.3) is 0 Å². The number of carbonyl (C=O) groups is 1. The highest BCUT2D eigenvalue weighted by molar-refractivity contribution is 6.69. The minimum Gasteiger partial charge on any atom is -0.469 e. The molecule has 1 aliphatic rings. The van der Waals surface area contributed by atoms with Gasteiger partial charge in [0.2, 0.25) is 0 Å². The molecule has 1 saturated heterocycles. The monoisotopic (exact) mass is 428 g/mol. The molecule has 1 fully saturated rings. The molecule has 0 aromatic rings. The van der Waals surface area contributed by atoms with Gasteiger partial charge in [-0.15, -0.1) is 0 Å². The Morgan fingerprint density at radius 2 is 1.41 bits per heavy atom. The normalized spacial score (nSPS) is 19.9. The topological polar surface area (TPSA) is 48.1 Å². The van der Waals surface area contributed by atoms with Crippen molar-refractivity contribution in [1.29, 1.82) is 0 Å². The van der Waals surface area contributed by atoms with Crippen molar-refractivity contribution < 1.29 is 18.7 Å². The lowest BCUT2D eigenvalue weighted by molar-refractivity contribution is -0.140.